The fraction of sp³-hybridized carbons (Fsp3) is 0.231. The number of aromatic amines is 1. The zero-order valence-electron chi connectivity index (χ0n) is 12.2. The summed E-state index contributed by atoms with van der Waals surface area (Å²) in [6.45, 7) is 1.70. The fourth-order valence-corrected chi connectivity index (χ4v) is 2.26. The molecule has 0 saturated carbocycles. The Morgan fingerprint density at radius 2 is 2.14 bits per heavy atom. The Labute approximate surface area is 134 Å². The first-order valence-electron chi connectivity index (χ1n) is 6.19. The van der Waals surface area contributed by atoms with E-state index >= 15 is 0 Å². The van der Waals surface area contributed by atoms with Crippen molar-refractivity contribution in [2.45, 2.75) is 6.92 Å². The second-order valence-electron chi connectivity index (χ2n) is 4.15. The summed E-state index contributed by atoms with van der Waals surface area (Å²) in [5, 5.41) is 10.1. The van der Waals surface area contributed by atoms with Crippen LogP contribution in [0.4, 0.5) is 5.82 Å². The first-order valence-corrected chi connectivity index (χ1v) is 6.99. The number of aryl methyl sites for hydroxylation is 1. The molecule has 0 aliphatic heterocycles. The number of benzene rings is 1. The molecule has 0 atom stereocenters. The van der Waals surface area contributed by atoms with Crippen LogP contribution >= 0.6 is 15.9 Å². The maximum Gasteiger partial charge on any atom is 0.363 e. The number of aromatic nitrogens is 3. The first-order chi connectivity index (χ1) is 10.6. The number of nitrogens with one attached hydrogen (secondary N) is 2. The number of hydrazone groups is 1. The number of anilines is 1. The highest BCUT2D eigenvalue weighted by molar-refractivity contribution is 9.10. The standard InChI is InChI=1S/C13H14BrN5O3/c1-7-12(16-13(20)19-17-7)18-15-6-8-4-5-9(21-2)11(22-3)10(8)14/h4-6H,1-3H3,(H2,16,18,19,20)/b15-6+. The van der Waals surface area contributed by atoms with Crippen LogP contribution in [0.3, 0.4) is 0 Å². The molecule has 0 fully saturated rings. The maximum atomic E-state index is 11.1. The predicted molar refractivity (Wildman–Crippen MR) is 85.9 cm³/mol. The van der Waals surface area contributed by atoms with Crippen LogP contribution in [0.15, 0.2) is 26.5 Å². The van der Waals surface area contributed by atoms with Gasteiger partial charge in [0.05, 0.1) is 24.9 Å². The van der Waals surface area contributed by atoms with Crippen molar-refractivity contribution in [3.05, 3.63) is 38.3 Å². The molecular weight excluding hydrogens is 354 g/mol. The molecule has 0 radical (unpaired) electrons. The Bertz CT molecular complexity index is 760. The number of hydrogen-bond acceptors (Lipinski definition) is 7. The smallest absolute Gasteiger partial charge is 0.363 e. The summed E-state index contributed by atoms with van der Waals surface area (Å²) in [7, 11) is 3.12. The van der Waals surface area contributed by atoms with Gasteiger partial charge in [0.15, 0.2) is 17.3 Å². The number of H-pyrrole nitrogens is 1. The van der Waals surface area contributed by atoms with Crippen LogP contribution in [0.1, 0.15) is 11.3 Å². The molecule has 0 spiro atoms. The molecule has 0 aliphatic carbocycles. The van der Waals surface area contributed by atoms with E-state index in [0.29, 0.717) is 21.7 Å². The Balaban J connectivity index is 2.24. The number of hydrogen-bond donors (Lipinski definition) is 2. The zero-order chi connectivity index (χ0) is 16.1. The monoisotopic (exact) mass is 367 g/mol. The number of methoxy groups -OCH3 is 2. The van der Waals surface area contributed by atoms with E-state index in [2.05, 4.69) is 41.6 Å². The molecule has 2 N–H and O–H groups in total. The van der Waals surface area contributed by atoms with Crippen LogP contribution in [0, 0.1) is 6.92 Å². The van der Waals surface area contributed by atoms with Gasteiger partial charge >= 0.3 is 5.69 Å². The Morgan fingerprint density at radius 1 is 1.36 bits per heavy atom. The molecule has 22 heavy (non-hydrogen) atoms. The number of halogens is 1. The summed E-state index contributed by atoms with van der Waals surface area (Å²) in [6, 6.07) is 3.58. The molecule has 8 nitrogen and oxygen atoms in total. The average Bonchev–Trinajstić information content (AvgIpc) is 2.51. The van der Waals surface area contributed by atoms with Crippen LogP contribution in [0.5, 0.6) is 11.5 Å². The van der Waals surface area contributed by atoms with E-state index in [1.54, 1.807) is 33.4 Å². The summed E-state index contributed by atoms with van der Waals surface area (Å²) in [4.78, 5) is 14.9. The van der Waals surface area contributed by atoms with Crippen LogP contribution < -0.4 is 20.6 Å². The fourth-order valence-electron chi connectivity index (χ4n) is 1.67. The van der Waals surface area contributed by atoms with Gasteiger partial charge in [-0.1, -0.05) is 0 Å². The van der Waals surface area contributed by atoms with Crippen molar-refractivity contribution in [1.29, 1.82) is 0 Å². The van der Waals surface area contributed by atoms with E-state index in [9.17, 15) is 4.79 Å². The second-order valence-corrected chi connectivity index (χ2v) is 4.94. The lowest BCUT2D eigenvalue weighted by atomic mass is 10.2. The van der Waals surface area contributed by atoms with Crippen molar-refractivity contribution in [3.8, 4) is 11.5 Å². The summed E-state index contributed by atoms with van der Waals surface area (Å²) in [5.74, 6) is 1.46. The molecule has 116 valence electrons. The van der Waals surface area contributed by atoms with Crippen LogP contribution in [-0.2, 0) is 0 Å². The van der Waals surface area contributed by atoms with Gasteiger partial charge < -0.3 is 9.47 Å². The molecule has 1 aromatic carbocycles. The third-order valence-electron chi connectivity index (χ3n) is 2.76. The number of ether oxygens (including phenoxy) is 2. The quantitative estimate of drug-likeness (QED) is 0.615. The highest BCUT2D eigenvalue weighted by Crippen LogP contribution is 2.36. The van der Waals surface area contributed by atoms with Crippen molar-refractivity contribution >= 4 is 28.0 Å². The summed E-state index contributed by atoms with van der Waals surface area (Å²) in [5.41, 5.74) is 3.43. The molecule has 2 aromatic rings. The Kier molecular flexibility index (Phi) is 5.10. The van der Waals surface area contributed by atoms with Gasteiger partial charge in [-0.2, -0.15) is 15.2 Å². The second kappa shape index (κ2) is 7.03. The molecular formula is C13H14BrN5O3. The third-order valence-corrected chi connectivity index (χ3v) is 3.58. The van der Waals surface area contributed by atoms with Gasteiger partial charge in [0.1, 0.15) is 5.69 Å². The van der Waals surface area contributed by atoms with Crippen molar-refractivity contribution in [2.75, 3.05) is 19.6 Å². The van der Waals surface area contributed by atoms with E-state index in [-0.39, 0.29) is 5.82 Å². The third kappa shape index (κ3) is 3.42. The van der Waals surface area contributed by atoms with Gasteiger partial charge in [0, 0.05) is 5.56 Å². The minimum Gasteiger partial charge on any atom is -0.493 e. The van der Waals surface area contributed by atoms with Crippen molar-refractivity contribution in [1.82, 2.24) is 15.2 Å². The van der Waals surface area contributed by atoms with Gasteiger partial charge in [-0.05, 0) is 35.0 Å². The molecule has 1 heterocycles. The van der Waals surface area contributed by atoms with E-state index in [0.717, 1.165) is 5.56 Å². The van der Waals surface area contributed by atoms with E-state index < -0.39 is 5.69 Å². The summed E-state index contributed by atoms with van der Waals surface area (Å²) >= 11 is 3.44. The lowest BCUT2D eigenvalue weighted by Gasteiger charge is -2.10. The summed E-state index contributed by atoms with van der Waals surface area (Å²) in [6.07, 6.45) is 1.56. The highest BCUT2D eigenvalue weighted by atomic mass is 79.9. The number of rotatable bonds is 5. The van der Waals surface area contributed by atoms with Crippen LogP contribution in [0.25, 0.3) is 0 Å². The highest BCUT2D eigenvalue weighted by Gasteiger charge is 2.11. The molecule has 0 aliphatic rings. The lowest BCUT2D eigenvalue weighted by Crippen LogP contribution is -2.15. The van der Waals surface area contributed by atoms with Gasteiger partial charge in [0.2, 0.25) is 0 Å². The SMILES string of the molecule is COc1ccc(/C=N/Nc2nc(=O)[nH]nc2C)c(Br)c1OC. The average molecular weight is 368 g/mol. The normalized spacial score (nSPS) is 10.7. The Morgan fingerprint density at radius 3 is 2.82 bits per heavy atom. The molecule has 0 saturated heterocycles. The molecule has 2 rings (SSSR count). The van der Waals surface area contributed by atoms with Gasteiger partial charge in [-0.3, -0.25) is 5.43 Å². The van der Waals surface area contributed by atoms with Crippen molar-refractivity contribution in [3.63, 3.8) is 0 Å². The minimum absolute atomic E-state index is 0.289. The lowest BCUT2D eigenvalue weighted by molar-refractivity contribution is 0.353. The maximum absolute atomic E-state index is 11.1. The van der Waals surface area contributed by atoms with Crippen molar-refractivity contribution in [2.24, 2.45) is 5.10 Å². The van der Waals surface area contributed by atoms with Crippen LogP contribution in [-0.4, -0.2) is 35.6 Å². The number of nitrogens with zero attached hydrogens (tertiary/aromatic N) is 3. The molecule has 9 heteroatoms. The predicted octanol–water partition coefficient (Wildman–Crippen LogP) is 1.70. The van der Waals surface area contributed by atoms with Gasteiger partial charge in [-0.15, -0.1) is 0 Å². The zero-order valence-corrected chi connectivity index (χ0v) is 13.8. The molecule has 0 bridgehead atoms. The van der Waals surface area contributed by atoms with Gasteiger partial charge in [-0.25, -0.2) is 9.89 Å². The largest absolute Gasteiger partial charge is 0.493 e. The molecule has 0 unspecified atom stereocenters. The Hall–Kier alpha value is -2.42. The van der Waals surface area contributed by atoms with E-state index in [1.807, 2.05) is 6.07 Å². The molecule has 1 aromatic heterocycles. The van der Waals surface area contributed by atoms with Gasteiger partial charge in [0.25, 0.3) is 0 Å². The first kappa shape index (κ1) is 16.0. The van der Waals surface area contributed by atoms with Crippen LogP contribution in [0.2, 0.25) is 0 Å². The minimum atomic E-state index is -0.546. The van der Waals surface area contributed by atoms with E-state index in [4.69, 9.17) is 9.47 Å². The topological polar surface area (TPSA) is 101 Å². The van der Waals surface area contributed by atoms with E-state index in [1.165, 1.54) is 0 Å². The summed E-state index contributed by atoms with van der Waals surface area (Å²) < 4.78 is 11.2. The molecule has 0 amide bonds. The van der Waals surface area contributed by atoms with Crippen molar-refractivity contribution < 1.29 is 9.47 Å².